The Bertz CT molecular complexity index is 1410. The molecule has 1 aromatic carbocycles. The molecule has 3 aromatic heterocycles. The number of methoxy groups -OCH3 is 1. The van der Waals surface area contributed by atoms with Crippen LogP contribution >= 0.6 is 8.88 Å². The molecule has 5 rings (SSSR count). The van der Waals surface area contributed by atoms with Crippen LogP contribution in [0.4, 0.5) is 0 Å². The van der Waals surface area contributed by atoms with Crippen molar-refractivity contribution in [2.75, 3.05) is 14.2 Å². The molecule has 1 aliphatic rings. The lowest BCUT2D eigenvalue weighted by molar-refractivity contribution is 0.414. The highest BCUT2D eigenvalue weighted by molar-refractivity contribution is 7.34. The minimum atomic E-state index is -0.132. The first-order valence-electron chi connectivity index (χ1n) is 9.44. The van der Waals surface area contributed by atoms with Crippen LogP contribution < -0.4 is 15.5 Å². The van der Waals surface area contributed by atoms with Gasteiger partial charge in [-0.2, -0.15) is 5.10 Å². The van der Waals surface area contributed by atoms with Gasteiger partial charge in [-0.3, -0.25) is 18.8 Å². The van der Waals surface area contributed by atoms with Crippen molar-refractivity contribution in [1.29, 1.82) is 0 Å². The number of rotatable bonds is 3. The first kappa shape index (κ1) is 18.7. The van der Waals surface area contributed by atoms with Crippen molar-refractivity contribution in [3.8, 4) is 11.4 Å². The smallest absolute Gasteiger partial charge is 0.333 e. The number of nitrogens with zero attached hydrogens (tertiary/aromatic N) is 6. The van der Waals surface area contributed by atoms with Crippen LogP contribution in [0.1, 0.15) is 11.3 Å². The van der Waals surface area contributed by atoms with Crippen molar-refractivity contribution in [2.24, 2.45) is 14.1 Å². The summed E-state index contributed by atoms with van der Waals surface area (Å²) in [6.45, 7) is 1.91. The summed E-state index contributed by atoms with van der Waals surface area (Å²) in [5.41, 5.74) is 5.66. The third-order valence-corrected chi connectivity index (χ3v) is 6.28. The number of ether oxygens (including phenoxy) is 1. The van der Waals surface area contributed by atoms with Crippen molar-refractivity contribution in [1.82, 2.24) is 33.7 Å². The largest absolute Gasteiger partial charge is 0.496 e. The maximum Gasteiger partial charge on any atom is 0.333 e. The Morgan fingerprint density at radius 1 is 1.20 bits per heavy atom. The number of aryl methyl sites for hydroxylation is 3. The molecule has 0 fully saturated rings. The Hall–Kier alpha value is -3.32. The molecule has 30 heavy (non-hydrogen) atoms. The molecule has 0 spiro atoms. The number of nitrogens with one attached hydrogen (secondary N) is 1. The van der Waals surface area contributed by atoms with Crippen LogP contribution in [0, 0.1) is 6.92 Å². The van der Waals surface area contributed by atoms with Gasteiger partial charge in [0.15, 0.2) is 0 Å². The zero-order valence-electron chi connectivity index (χ0n) is 17.4. The monoisotopic (exact) mass is 423 g/mol. The van der Waals surface area contributed by atoms with Crippen LogP contribution in [0.15, 0.2) is 35.5 Å². The van der Waals surface area contributed by atoms with Gasteiger partial charge in [0, 0.05) is 50.6 Å². The van der Waals surface area contributed by atoms with Gasteiger partial charge >= 0.3 is 5.69 Å². The number of imidazole rings is 1. The first-order valence-corrected chi connectivity index (χ1v) is 10.4. The van der Waals surface area contributed by atoms with Crippen LogP contribution in [0.2, 0.25) is 0 Å². The summed E-state index contributed by atoms with van der Waals surface area (Å²) >= 11 is 0. The highest BCUT2D eigenvalue weighted by Crippen LogP contribution is 2.37. The standard InChI is InChI=1S/C20H22N7O2P/c1-11-17(10-24(2)22-11)27-19-13-6-12(15-9-25(3)30-23-15)18(29-5)7-14(13)21-8-16(19)26(4)20(27)28/h6-10,23,30H,1-5H3. The summed E-state index contributed by atoms with van der Waals surface area (Å²) < 4.78 is 12.8. The van der Waals surface area contributed by atoms with Crippen molar-refractivity contribution < 1.29 is 4.74 Å². The Balaban J connectivity index is 1.91. The summed E-state index contributed by atoms with van der Waals surface area (Å²) in [6, 6.07) is 3.97. The Morgan fingerprint density at radius 3 is 2.63 bits per heavy atom. The van der Waals surface area contributed by atoms with E-state index in [2.05, 4.69) is 26.0 Å². The predicted octanol–water partition coefficient (Wildman–Crippen LogP) is 2.27. The lowest BCUT2D eigenvalue weighted by Crippen LogP contribution is -2.21. The lowest BCUT2D eigenvalue weighted by Gasteiger charge is -2.12. The molecule has 4 heterocycles. The Labute approximate surface area is 174 Å². The van der Waals surface area contributed by atoms with E-state index in [4.69, 9.17) is 4.74 Å². The Kier molecular flexibility index (Phi) is 4.11. The fourth-order valence-corrected chi connectivity index (χ4v) is 4.67. The van der Waals surface area contributed by atoms with E-state index in [1.807, 2.05) is 39.3 Å². The number of hydrogen-bond donors (Lipinski definition) is 1. The molecule has 0 bridgehead atoms. The molecule has 0 saturated carbocycles. The number of pyridine rings is 1. The zero-order chi connectivity index (χ0) is 21.2. The summed E-state index contributed by atoms with van der Waals surface area (Å²) in [6.07, 6.45) is 5.66. The molecular weight excluding hydrogens is 401 g/mol. The summed E-state index contributed by atoms with van der Waals surface area (Å²) in [4.78, 5) is 17.8. The molecule has 10 heteroatoms. The number of benzene rings is 1. The van der Waals surface area contributed by atoms with E-state index in [1.165, 1.54) is 0 Å². The molecule has 0 aliphatic carbocycles. The highest BCUT2D eigenvalue weighted by atomic mass is 31.1. The van der Waals surface area contributed by atoms with Crippen LogP contribution in [-0.2, 0) is 14.1 Å². The van der Waals surface area contributed by atoms with E-state index < -0.39 is 0 Å². The highest BCUT2D eigenvalue weighted by Gasteiger charge is 2.22. The molecule has 0 saturated heterocycles. The second-order valence-electron chi connectivity index (χ2n) is 7.40. The van der Waals surface area contributed by atoms with Crippen molar-refractivity contribution in [2.45, 2.75) is 6.92 Å². The minimum Gasteiger partial charge on any atom is -0.496 e. The van der Waals surface area contributed by atoms with Crippen LogP contribution in [-0.4, -0.2) is 42.7 Å². The second kappa shape index (κ2) is 6.60. The molecule has 1 aliphatic heterocycles. The fraction of sp³-hybridized carbons (Fsp3) is 0.250. The van der Waals surface area contributed by atoms with Gasteiger partial charge in [-0.05, 0) is 13.0 Å². The van der Waals surface area contributed by atoms with E-state index in [1.54, 1.807) is 34.2 Å². The van der Waals surface area contributed by atoms with Crippen molar-refractivity contribution in [3.05, 3.63) is 52.5 Å². The lowest BCUT2D eigenvalue weighted by atomic mass is 10.1. The van der Waals surface area contributed by atoms with E-state index in [9.17, 15) is 4.79 Å². The third kappa shape index (κ3) is 2.62. The average molecular weight is 423 g/mol. The van der Waals surface area contributed by atoms with Crippen LogP contribution in [0.25, 0.3) is 33.3 Å². The van der Waals surface area contributed by atoms with Gasteiger partial charge in [0.1, 0.15) is 5.75 Å². The molecule has 1 N–H and O–H groups in total. The van der Waals surface area contributed by atoms with Gasteiger partial charge in [-0.25, -0.2) is 4.79 Å². The molecule has 154 valence electrons. The Morgan fingerprint density at radius 2 is 2.00 bits per heavy atom. The number of fused-ring (bicyclic) bond motifs is 3. The SMILES string of the molecule is COc1cc2ncc3c(c2cc1C1=CN(C)PN1)n(-c1cn(C)nc1C)c(=O)n3C. The van der Waals surface area contributed by atoms with E-state index in [0.29, 0.717) is 8.88 Å². The summed E-state index contributed by atoms with van der Waals surface area (Å²) in [5.74, 6) is 0.732. The van der Waals surface area contributed by atoms with E-state index >= 15 is 0 Å². The van der Waals surface area contributed by atoms with Crippen molar-refractivity contribution >= 4 is 36.5 Å². The van der Waals surface area contributed by atoms with E-state index in [0.717, 1.165) is 50.3 Å². The minimum absolute atomic E-state index is 0.132. The molecule has 0 amide bonds. The number of aromatic nitrogens is 5. The van der Waals surface area contributed by atoms with Gasteiger partial charge in [-0.15, -0.1) is 0 Å². The maximum atomic E-state index is 13.2. The third-order valence-electron chi connectivity index (χ3n) is 5.41. The van der Waals surface area contributed by atoms with Gasteiger partial charge in [0.2, 0.25) is 0 Å². The fourth-order valence-electron chi connectivity index (χ4n) is 3.98. The topological polar surface area (TPSA) is 82.1 Å². The van der Waals surface area contributed by atoms with Crippen LogP contribution in [0.5, 0.6) is 5.75 Å². The molecule has 9 nitrogen and oxygen atoms in total. The van der Waals surface area contributed by atoms with Gasteiger partial charge < -0.3 is 14.5 Å². The first-order chi connectivity index (χ1) is 14.4. The summed E-state index contributed by atoms with van der Waals surface area (Å²) in [7, 11) is 7.76. The normalized spacial score (nSPS) is 14.7. The average Bonchev–Trinajstić information content (AvgIpc) is 3.37. The zero-order valence-corrected chi connectivity index (χ0v) is 18.4. The van der Waals surface area contributed by atoms with E-state index in [-0.39, 0.29) is 5.69 Å². The second-order valence-corrected chi connectivity index (χ2v) is 8.58. The van der Waals surface area contributed by atoms with Crippen molar-refractivity contribution in [3.63, 3.8) is 0 Å². The quantitative estimate of drug-likeness (QED) is 0.509. The maximum absolute atomic E-state index is 13.2. The summed E-state index contributed by atoms with van der Waals surface area (Å²) in [5, 5.41) is 8.72. The molecule has 4 aromatic rings. The molecule has 1 atom stereocenters. The molecular formula is C20H22N7O2P. The molecule has 1 unspecified atom stereocenters. The van der Waals surface area contributed by atoms with Crippen LogP contribution in [0.3, 0.4) is 0 Å². The van der Waals surface area contributed by atoms with Gasteiger partial charge in [0.25, 0.3) is 0 Å². The number of hydrogen-bond acceptors (Lipinski definition) is 6. The van der Waals surface area contributed by atoms with Gasteiger partial charge in [-0.1, -0.05) is 0 Å². The van der Waals surface area contributed by atoms with Gasteiger partial charge in [0.05, 0.1) is 55.8 Å². The predicted molar refractivity (Wildman–Crippen MR) is 119 cm³/mol. The molecule has 0 radical (unpaired) electrons.